The molecule has 0 saturated carbocycles. The number of thioether (sulfide) groups is 1. The number of carbonyl (C=O) groups is 1. The number of hydrogen-bond donors (Lipinski definition) is 1. The minimum Gasteiger partial charge on any atom is -0.497 e. The van der Waals surface area contributed by atoms with E-state index in [9.17, 15) is 4.79 Å². The highest BCUT2D eigenvalue weighted by Gasteiger charge is 2.10. The highest BCUT2D eigenvalue weighted by Crippen LogP contribution is 2.20. The number of nitrogens with one attached hydrogen (secondary N) is 1. The van der Waals surface area contributed by atoms with Crippen LogP contribution in [0.5, 0.6) is 5.75 Å². The third-order valence-corrected chi connectivity index (χ3v) is 4.76. The number of furan rings is 1. The van der Waals surface area contributed by atoms with E-state index in [1.54, 1.807) is 25.1 Å². The lowest BCUT2D eigenvalue weighted by Gasteiger charge is -2.03. The van der Waals surface area contributed by atoms with Gasteiger partial charge in [-0.15, -0.1) is 0 Å². The van der Waals surface area contributed by atoms with Crippen LogP contribution in [0, 0.1) is 0 Å². The average Bonchev–Trinajstić information content (AvgIpc) is 3.38. The molecule has 0 aliphatic rings. The summed E-state index contributed by atoms with van der Waals surface area (Å²) in [5.41, 5.74) is 0.837. The van der Waals surface area contributed by atoms with Crippen LogP contribution in [0.15, 0.2) is 51.6 Å². The summed E-state index contributed by atoms with van der Waals surface area (Å²) in [6.07, 6.45) is 2.39. The van der Waals surface area contributed by atoms with Crippen LogP contribution in [0.4, 0.5) is 0 Å². The van der Waals surface area contributed by atoms with Crippen LogP contribution in [0.25, 0.3) is 11.4 Å². The van der Waals surface area contributed by atoms with Crippen molar-refractivity contribution in [2.24, 2.45) is 0 Å². The molecule has 0 atom stereocenters. The molecule has 0 spiro atoms. The molecular formula is C19H21N3O4S. The molecule has 1 amide bonds. The first-order chi connectivity index (χ1) is 13.2. The van der Waals surface area contributed by atoms with E-state index < -0.39 is 0 Å². The van der Waals surface area contributed by atoms with E-state index in [2.05, 4.69) is 15.5 Å². The molecule has 3 rings (SSSR count). The van der Waals surface area contributed by atoms with Gasteiger partial charge in [-0.05, 0) is 36.4 Å². The van der Waals surface area contributed by atoms with Crippen LogP contribution in [-0.4, -0.2) is 35.5 Å². The second-order valence-electron chi connectivity index (χ2n) is 5.72. The summed E-state index contributed by atoms with van der Waals surface area (Å²) >= 11 is 1.71. The Morgan fingerprint density at radius 2 is 2.11 bits per heavy atom. The van der Waals surface area contributed by atoms with E-state index in [1.165, 1.54) is 0 Å². The summed E-state index contributed by atoms with van der Waals surface area (Å²) in [6, 6.07) is 11.2. The Labute approximate surface area is 161 Å². The number of hydrogen-bond acceptors (Lipinski definition) is 7. The smallest absolute Gasteiger partial charge is 0.227 e. The number of benzene rings is 1. The van der Waals surface area contributed by atoms with Crippen molar-refractivity contribution in [1.29, 1.82) is 0 Å². The molecular weight excluding hydrogens is 366 g/mol. The predicted molar refractivity (Wildman–Crippen MR) is 102 cm³/mol. The molecule has 8 heteroatoms. The molecule has 27 heavy (non-hydrogen) atoms. The topological polar surface area (TPSA) is 90.4 Å². The van der Waals surface area contributed by atoms with Gasteiger partial charge in [0.05, 0.1) is 19.1 Å². The first-order valence-corrected chi connectivity index (χ1v) is 9.74. The Bertz CT molecular complexity index is 831. The number of aryl methyl sites for hydroxylation is 1. The van der Waals surface area contributed by atoms with Gasteiger partial charge in [0.15, 0.2) is 0 Å². The summed E-state index contributed by atoms with van der Waals surface area (Å²) in [6.45, 7) is 0.616. The molecule has 0 unspecified atom stereocenters. The summed E-state index contributed by atoms with van der Waals surface area (Å²) in [7, 11) is 1.62. The molecule has 1 aromatic carbocycles. The first-order valence-electron chi connectivity index (χ1n) is 8.58. The Morgan fingerprint density at radius 3 is 2.85 bits per heavy atom. The Morgan fingerprint density at radius 1 is 1.26 bits per heavy atom. The molecule has 2 heterocycles. The second-order valence-corrected chi connectivity index (χ2v) is 6.83. The number of carbonyl (C=O) groups excluding carboxylic acids is 1. The summed E-state index contributed by atoms with van der Waals surface area (Å²) in [5.74, 6) is 4.26. The first kappa shape index (κ1) is 19.0. The number of methoxy groups -OCH3 is 1. The number of ether oxygens (including phenoxy) is 1. The van der Waals surface area contributed by atoms with Gasteiger partial charge in [-0.25, -0.2) is 0 Å². The van der Waals surface area contributed by atoms with Crippen LogP contribution < -0.4 is 10.1 Å². The van der Waals surface area contributed by atoms with Crippen molar-refractivity contribution in [2.75, 3.05) is 19.4 Å². The molecule has 142 valence electrons. The minimum absolute atomic E-state index is 0.0298. The van der Waals surface area contributed by atoms with Gasteiger partial charge in [-0.3, -0.25) is 4.79 Å². The predicted octanol–water partition coefficient (Wildman–Crippen LogP) is 3.32. The van der Waals surface area contributed by atoms with Crippen LogP contribution in [0.1, 0.15) is 18.1 Å². The molecule has 2 aromatic heterocycles. The highest BCUT2D eigenvalue weighted by atomic mass is 32.2. The molecule has 0 aliphatic carbocycles. The summed E-state index contributed by atoms with van der Waals surface area (Å²) < 4.78 is 15.6. The third kappa shape index (κ3) is 5.89. The lowest BCUT2D eigenvalue weighted by atomic mass is 10.2. The standard InChI is InChI=1S/C19H21N3O4S/c1-24-15-6-4-14(5-7-15)19-21-18(26-22-19)9-8-17(23)20-10-12-27-13-16-3-2-11-25-16/h2-7,11H,8-10,12-13H2,1H3,(H,20,23). The molecule has 7 nitrogen and oxygen atoms in total. The molecule has 0 saturated heterocycles. The van der Waals surface area contributed by atoms with E-state index in [4.69, 9.17) is 13.7 Å². The van der Waals surface area contributed by atoms with Crippen molar-refractivity contribution in [3.63, 3.8) is 0 Å². The maximum absolute atomic E-state index is 11.9. The second kappa shape index (κ2) is 9.82. The number of rotatable bonds is 10. The molecule has 0 radical (unpaired) electrons. The Kier molecular flexibility index (Phi) is 6.92. The van der Waals surface area contributed by atoms with Crippen molar-refractivity contribution in [2.45, 2.75) is 18.6 Å². The minimum atomic E-state index is -0.0298. The lowest BCUT2D eigenvalue weighted by molar-refractivity contribution is -0.121. The van der Waals surface area contributed by atoms with Gasteiger partial charge >= 0.3 is 0 Å². The van der Waals surface area contributed by atoms with Crippen molar-refractivity contribution in [1.82, 2.24) is 15.5 Å². The number of nitrogens with zero attached hydrogens (tertiary/aromatic N) is 2. The number of aromatic nitrogens is 2. The van der Waals surface area contributed by atoms with Gasteiger partial charge in [0.25, 0.3) is 0 Å². The quantitative estimate of drug-likeness (QED) is 0.534. The fraction of sp³-hybridized carbons (Fsp3) is 0.316. The van der Waals surface area contributed by atoms with Crippen molar-refractivity contribution < 1.29 is 18.5 Å². The molecule has 0 fully saturated rings. The monoisotopic (exact) mass is 387 g/mol. The lowest BCUT2D eigenvalue weighted by Crippen LogP contribution is -2.25. The zero-order chi connectivity index (χ0) is 18.9. The maximum Gasteiger partial charge on any atom is 0.227 e. The largest absolute Gasteiger partial charge is 0.497 e. The van der Waals surface area contributed by atoms with E-state index in [-0.39, 0.29) is 5.91 Å². The van der Waals surface area contributed by atoms with E-state index in [1.807, 2.05) is 36.4 Å². The van der Waals surface area contributed by atoms with Gasteiger partial charge in [0.2, 0.25) is 17.6 Å². The van der Waals surface area contributed by atoms with Crippen molar-refractivity contribution in [3.8, 4) is 17.1 Å². The number of amides is 1. The van der Waals surface area contributed by atoms with E-state index in [0.717, 1.165) is 28.6 Å². The fourth-order valence-electron chi connectivity index (χ4n) is 2.35. The fourth-order valence-corrected chi connectivity index (χ4v) is 3.11. The Balaban J connectivity index is 1.35. The van der Waals surface area contributed by atoms with E-state index in [0.29, 0.717) is 31.1 Å². The van der Waals surface area contributed by atoms with Gasteiger partial charge in [-0.1, -0.05) is 5.16 Å². The molecule has 1 N–H and O–H groups in total. The molecule has 3 aromatic rings. The van der Waals surface area contributed by atoms with Crippen molar-refractivity contribution in [3.05, 3.63) is 54.3 Å². The summed E-state index contributed by atoms with van der Waals surface area (Å²) in [5, 5.41) is 6.85. The van der Waals surface area contributed by atoms with Gasteiger partial charge in [0.1, 0.15) is 11.5 Å². The van der Waals surface area contributed by atoms with Crippen LogP contribution >= 0.6 is 11.8 Å². The molecule has 0 aliphatic heterocycles. The molecule has 0 bridgehead atoms. The summed E-state index contributed by atoms with van der Waals surface area (Å²) in [4.78, 5) is 16.2. The van der Waals surface area contributed by atoms with Crippen LogP contribution in [-0.2, 0) is 17.0 Å². The highest BCUT2D eigenvalue weighted by molar-refractivity contribution is 7.98. The van der Waals surface area contributed by atoms with E-state index >= 15 is 0 Å². The van der Waals surface area contributed by atoms with Gasteiger partial charge in [-0.2, -0.15) is 16.7 Å². The normalized spacial score (nSPS) is 10.7. The van der Waals surface area contributed by atoms with Gasteiger partial charge < -0.3 is 19.0 Å². The third-order valence-electron chi connectivity index (χ3n) is 3.78. The zero-order valence-electron chi connectivity index (χ0n) is 15.0. The van der Waals surface area contributed by atoms with Gasteiger partial charge in [0, 0.05) is 30.7 Å². The van der Waals surface area contributed by atoms with Crippen molar-refractivity contribution >= 4 is 17.7 Å². The zero-order valence-corrected chi connectivity index (χ0v) is 15.8. The SMILES string of the molecule is COc1ccc(-c2noc(CCC(=O)NCCSCc3ccco3)n2)cc1. The van der Waals surface area contributed by atoms with Crippen LogP contribution in [0.3, 0.4) is 0 Å². The average molecular weight is 387 g/mol. The maximum atomic E-state index is 11.9. The Hall–Kier alpha value is -2.74. The van der Waals surface area contributed by atoms with Crippen LogP contribution in [0.2, 0.25) is 0 Å².